The minimum absolute atomic E-state index is 0.130. The molecule has 0 aromatic carbocycles. The van der Waals surface area contributed by atoms with E-state index in [9.17, 15) is 14.7 Å². The number of aryl methyl sites for hydroxylation is 2. The third-order valence-corrected chi connectivity index (χ3v) is 4.38. The number of rotatable bonds is 3. The van der Waals surface area contributed by atoms with Gasteiger partial charge >= 0.3 is 5.97 Å². The van der Waals surface area contributed by atoms with Crippen molar-refractivity contribution in [2.75, 3.05) is 5.75 Å². The molecule has 0 spiro atoms. The van der Waals surface area contributed by atoms with Crippen molar-refractivity contribution >= 4 is 23.6 Å². The second-order valence-corrected chi connectivity index (χ2v) is 5.83. The molecule has 2 unspecified atom stereocenters. The first kappa shape index (κ1) is 13.9. The molecule has 0 radical (unpaired) electrons. The van der Waals surface area contributed by atoms with Gasteiger partial charge in [0.05, 0.1) is 11.1 Å². The van der Waals surface area contributed by atoms with Crippen LogP contribution in [0.3, 0.4) is 0 Å². The van der Waals surface area contributed by atoms with Crippen LogP contribution < -0.4 is 0 Å². The maximum absolute atomic E-state index is 12.6. The third kappa shape index (κ3) is 2.47. The molecule has 2 heterocycles. The predicted octanol–water partition coefficient (Wildman–Crippen LogP) is 1.20. The van der Waals surface area contributed by atoms with Crippen LogP contribution in [0.2, 0.25) is 0 Å². The maximum Gasteiger partial charge on any atom is 0.327 e. The second kappa shape index (κ2) is 5.24. The van der Waals surface area contributed by atoms with E-state index < -0.39 is 12.0 Å². The Morgan fingerprint density at radius 2 is 2.26 bits per heavy atom. The number of carbonyl (C=O) groups is 2. The highest BCUT2D eigenvalue weighted by atomic mass is 32.2. The van der Waals surface area contributed by atoms with Gasteiger partial charge in [-0.25, -0.2) is 4.79 Å². The lowest BCUT2D eigenvalue weighted by atomic mass is 10.2. The summed E-state index contributed by atoms with van der Waals surface area (Å²) < 4.78 is 1.62. The standard InChI is InChI=1S/C12H17N3O3S/c1-4-14-9(5-7(2)13-14)11(16)15-8(3)19-6-10(15)12(17)18/h5,8,10H,4,6H2,1-3H3,(H,17,18). The van der Waals surface area contributed by atoms with Crippen LogP contribution in [0.5, 0.6) is 0 Å². The molecule has 6 nitrogen and oxygen atoms in total. The third-order valence-electron chi connectivity index (χ3n) is 3.16. The quantitative estimate of drug-likeness (QED) is 0.902. The molecule has 1 aromatic heterocycles. The van der Waals surface area contributed by atoms with E-state index in [2.05, 4.69) is 5.10 Å². The normalized spacial score (nSPS) is 22.8. The summed E-state index contributed by atoms with van der Waals surface area (Å²) in [6.07, 6.45) is 0. The molecule has 19 heavy (non-hydrogen) atoms. The molecule has 1 aromatic rings. The summed E-state index contributed by atoms with van der Waals surface area (Å²) >= 11 is 1.48. The zero-order valence-corrected chi connectivity index (χ0v) is 12.0. The summed E-state index contributed by atoms with van der Waals surface area (Å²) in [5, 5.41) is 13.3. The van der Waals surface area contributed by atoms with Crippen molar-refractivity contribution in [2.45, 2.75) is 38.7 Å². The zero-order chi connectivity index (χ0) is 14.2. The van der Waals surface area contributed by atoms with E-state index in [1.807, 2.05) is 20.8 Å². The number of carbonyl (C=O) groups excluding carboxylic acids is 1. The SMILES string of the molecule is CCn1nc(C)cc1C(=O)N1C(C)SCC1C(=O)O. The van der Waals surface area contributed by atoms with Crippen molar-refractivity contribution in [3.8, 4) is 0 Å². The van der Waals surface area contributed by atoms with Crippen LogP contribution in [0.25, 0.3) is 0 Å². The number of hydrogen-bond acceptors (Lipinski definition) is 4. The molecular formula is C12H17N3O3S. The van der Waals surface area contributed by atoms with Gasteiger partial charge in [-0.1, -0.05) is 0 Å². The monoisotopic (exact) mass is 283 g/mol. The fraction of sp³-hybridized carbons (Fsp3) is 0.583. The molecule has 0 aliphatic carbocycles. The smallest absolute Gasteiger partial charge is 0.327 e. The van der Waals surface area contributed by atoms with E-state index in [1.54, 1.807) is 10.7 Å². The summed E-state index contributed by atoms with van der Waals surface area (Å²) in [5.74, 6) is -0.779. The Morgan fingerprint density at radius 3 is 2.84 bits per heavy atom. The summed E-state index contributed by atoms with van der Waals surface area (Å²) in [7, 11) is 0. The highest BCUT2D eigenvalue weighted by Crippen LogP contribution is 2.30. The highest BCUT2D eigenvalue weighted by Gasteiger charge is 2.40. The number of amides is 1. The topological polar surface area (TPSA) is 75.4 Å². The van der Waals surface area contributed by atoms with Gasteiger partial charge in [0.2, 0.25) is 0 Å². The Hall–Kier alpha value is -1.50. The second-order valence-electron chi connectivity index (χ2n) is 4.49. The van der Waals surface area contributed by atoms with Crippen molar-refractivity contribution in [1.29, 1.82) is 0 Å². The van der Waals surface area contributed by atoms with Crippen LogP contribution in [-0.4, -0.2) is 48.8 Å². The lowest BCUT2D eigenvalue weighted by molar-refractivity contribution is -0.141. The van der Waals surface area contributed by atoms with Crippen molar-refractivity contribution in [3.63, 3.8) is 0 Å². The van der Waals surface area contributed by atoms with E-state index in [4.69, 9.17) is 0 Å². The molecule has 0 saturated carbocycles. The average molecular weight is 283 g/mol. The fourth-order valence-corrected chi connectivity index (χ4v) is 3.40. The molecule has 2 atom stereocenters. The molecule has 1 saturated heterocycles. The summed E-state index contributed by atoms with van der Waals surface area (Å²) in [6, 6.07) is 0.952. The Labute approximate surface area is 115 Å². The Morgan fingerprint density at radius 1 is 1.58 bits per heavy atom. The Balaban J connectivity index is 2.34. The van der Waals surface area contributed by atoms with Crippen LogP contribution in [0.1, 0.15) is 30.0 Å². The van der Waals surface area contributed by atoms with Gasteiger partial charge in [0, 0.05) is 12.3 Å². The van der Waals surface area contributed by atoms with E-state index in [0.717, 1.165) is 5.69 Å². The van der Waals surface area contributed by atoms with E-state index in [-0.39, 0.29) is 11.3 Å². The minimum atomic E-state index is -0.954. The van der Waals surface area contributed by atoms with Gasteiger partial charge in [-0.3, -0.25) is 9.48 Å². The molecule has 1 aliphatic rings. The molecule has 0 bridgehead atoms. The van der Waals surface area contributed by atoms with E-state index in [1.165, 1.54) is 16.7 Å². The van der Waals surface area contributed by atoms with E-state index >= 15 is 0 Å². The lowest BCUT2D eigenvalue weighted by Gasteiger charge is -2.25. The molecular weight excluding hydrogens is 266 g/mol. The molecule has 1 fully saturated rings. The van der Waals surface area contributed by atoms with Crippen LogP contribution in [-0.2, 0) is 11.3 Å². The largest absolute Gasteiger partial charge is 0.480 e. The summed E-state index contributed by atoms with van der Waals surface area (Å²) in [6.45, 7) is 6.16. The number of carboxylic acid groups (broad SMARTS) is 1. The van der Waals surface area contributed by atoms with Gasteiger partial charge in [-0.2, -0.15) is 5.10 Å². The van der Waals surface area contributed by atoms with Crippen LogP contribution in [0.4, 0.5) is 0 Å². The predicted molar refractivity (Wildman–Crippen MR) is 72.2 cm³/mol. The first-order valence-corrected chi connectivity index (χ1v) is 7.22. The van der Waals surface area contributed by atoms with Crippen LogP contribution >= 0.6 is 11.8 Å². The van der Waals surface area contributed by atoms with Crippen LogP contribution in [0.15, 0.2) is 6.07 Å². The van der Waals surface area contributed by atoms with E-state index in [0.29, 0.717) is 18.0 Å². The number of thioether (sulfide) groups is 1. The zero-order valence-electron chi connectivity index (χ0n) is 11.2. The average Bonchev–Trinajstić information content (AvgIpc) is 2.91. The molecule has 104 valence electrons. The molecule has 1 amide bonds. The number of aromatic nitrogens is 2. The molecule has 1 aliphatic heterocycles. The van der Waals surface area contributed by atoms with Gasteiger partial charge < -0.3 is 10.0 Å². The number of hydrogen-bond donors (Lipinski definition) is 1. The molecule has 1 N–H and O–H groups in total. The Kier molecular flexibility index (Phi) is 3.84. The van der Waals surface area contributed by atoms with Gasteiger partial charge in [0.15, 0.2) is 0 Å². The Bertz CT molecular complexity index is 514. The maximum atomic E-state index is 12.6. The number of nitrogens with zero attached hydrogens (tertiary/aromatic N) is 3. The number of carboxylic acids is 1. The minimum Gasteiger partial charge on any atom is -0.480 e. The first-order valence-electron chi connectivity index (χ1n) is 6.17. The highest BCUT2D eigenvalue weighted by molar-refractivity contribution is 8.00. The van der Waals surface area contributed by atoms with Crippen molar-refractivity contribution in [1.82, 2.24) is 14.7 Å². The lowest BCUT2D eigenvalue weighted by Crippen LogP contribution is -2.45. The summed E-state index contributed by atoms with van der Waals surface area (Å²) in [4.78, 5) is 25.2. The van der Waals surface area contributed by atoms with Gasteiger partial charge in [-0.15, -0.1) is 11.8 Å². The molecule has 2 rings (SSSR count). The van der Waals surface area contributed by atoms with Gasteiger partial charge in [0.1, 0.15) is 11.7 Å². The molecule has 7 heteroatoms. The van der Waals surface area contributed by atoms with Crippen molar-refractivity contribution in [3.05, 3.63) is 17.5 Å². The summed E-state index contributed by atoms with van der Waals surface area (Å²) in [5.41, 5.74) is 1.22. The van der Waals surface area contributed by atoms with Crippen LogP contribution in [0, 0.1) is 6.92 Å². The van der Waals surface area contributed by atoms with Gasteiger partial charge in [0.25, 0.3) is 5.91 Å². The van der Waals surface area contributed by atoms with Crippen molar-refractivity contribution in [2.24, 2.45) is 0 Å². The fourth-order valence-electron chi connectivity index (χ4n) is 2.23. The first-order chi connectivity index (χ1) is 8.95. The number of aliphatic carboxylic acids is 1. The van der Waals surface area contributed by atoms with Gasteiger partial charge in [-0.05, 0) is 26.8 Å². The van der Waals surface area contributed by atoms with Crippen molar-refractivity contribution < 1.29 is 14.7 Å².